The third-order valence-corrected chi connectivity index (χ3v) is 2.92. The molecule has 0 aliphatic carbocycles. The minimum Gasteiger partial charge on any atom is -0.497 e. The molecule has 0 amide bonds. The van der Waals surface area contributed by atoms with Crippen LogP contribution in [0.4, 0.5) is 0 Å². The summed E-state index contributed by atoms with van der Waals surface area (Å²) in [5.41, 5.74) is 0. The van der Waals surface area contributed by atoms with Crippen LogP contribution in [0.1, 0.15) is 25.6 Å². The molecule has 0 fully saturated rings. The minimum absolute atomic E-state index is 0.427. The van der Waals surface area contributed by atoms with Gasteiger partial charge in [0, 0.05) is 18.3 Å². The summed E-state index contributed by atoms with van der Waals surface area (Å²) in [7, 11) is 1.66. The van der Waals surface area contributed by atoms with Crippen LogP contribution in [0.25, 0.3) is 0 Å². The number of ether oxygens (including phenoxy) is 2. The van der Waals surface area contributed by atoms with Crippen LogP contribution in [0.2, 0.25) is 0 Å². The van der Waals surface area contributed by atoms with Gasteiger partial charge in [-0.15, -0.1) is 0 Å². The van der Waals surface area contributed by atoms with Gasteiger partial charge in [0.1, 0.15) is 23.9 Å². The van der Waals surface area contributed by atoms with Crippen LogP contribution in [-0.4, -0.2) is 23.3 Å². The number of nitrogens with zero attached hydrogens (tertiary/aromatic N) is 2. The van der Waals surface area contributed by atoms with Gasteiger partial charge in [-0.3, -0.25) is 0 Å². The lowest BCUT2D eigenvalue weighted by atomic mass is 10.2. The highest BCUT2D eigenvalue weighted by atomic mass is 16.5. The van der Waals surface area contributed by atoms with Gasteiger partial charge in [0.2, 0.25) is 0 Å². The van der Waals surface area contributed by atoms with Gasteiger partial charge in [-0.25, -0.2) is 4.98 Å². The van der Waals surface area contributed by atoms with E-state index in [1.807, 2.05) is 36.7 Å². The lowest BCUT2D eigenvalue weighted by Crippen LogP contribution is -2.11. The SMILES string of the molecule is COc1ccc(OCCn2ccnc2C(C)C)cc1. The van der Waals surface area contributed by atoms with Gasteiger partial charge in [-0.2, -0.15) is 0 Å². The van der Waals surface area contributed by atoms with Crippen LogP contribution in [0, 0.1) is 0 Å². The molecule has 0 atom stereocenters. The van der Waals surface area contributed by atoms with Gasteiger partial charge in [-0.1, -0.05) is 13.8 Å². The third-order valence-electron chi connectivity index (χ3n) is 2.92. The van der Waals surface area contributed by atoms with Crippen molar-refractivity contribution >= 4 is 0 Å². The Labute approximate surface area is 114 Å². The van der Waals surface area contributed by atoms with Crippen LogP contribution in [0.5, 0.6) is 11.5 Å². The van der Waals surface area contributed by atoms with E-state index in [-0.39, 0.29) is 0 Å². The Bertz CT molecular complexity index is 503. The van der Waals surface area contributed by atoms with Crippen LogP contribution in [0.3, 0.4) is 0 Å². The highest BCUT2D eigenvalue weighted by Gasteiger charge is 2.06. The number of rotatable bonds is 6. The summed E-state index contributed by atoms with van der Waals surface area (Å²) in [4.78, 5) is 4.35. The lowest BCUT2D eigenvalue weighted by Gasteiger charge is -2.11. The second kappa shape index (κ2) is 6.27. The molecular formula is C15H20N2O2. The van der Waals surface area contributed by atoms with Crippen molar-refractivity contribution in [2.45, 2.75) is 26.3 Å². The van der Waals surface area contributed by atoms with Crippen molar-refractivity contribution in [3.05, 3.63) is 42.5 Å². The smallest absolute Gasteiger partial charge is 0.119 e. The van der Waals surface area contributed by atoms with Crippen LogP contribution >= 0.6 is 0 Å². The van der Waals surface area contributed by atoms with Crippen LogP contribution in [0.15, 0.2) is 36.7 Å². The van der Waals surface area contributed by atoms with Crippen molar-refractivity contribution in [1.29, 1.82) is 0 Å². The van der Waals surface area contributed by atoms with E-state index in [0.717, 1.165) is 23.9 Å². The quantitative estimate of drug-likeness (QED) is 0.800. The highest BCUT2D eigenvalue weighted by Crippen LogP contribution is 2.17. The van der Waals surface area contributed by atoms with Crippen molar-refractivity contribution in [2.24, 2.45) is 0 Å². The molecule has 1 aromatic carbocycles. The first kappa shape index (κ1) is 13.5. The van der Waals surface area contributed by atoms with Crippen LogP contribution < -0.4 is 9.47 Å². The highest BCUT2D eigenvalue weighted by molar-refractivity contribution is 5.31. The molecule has 4 heteroatoms. The van der Waals surface area contributed by atoms with Gasteiger partial charge in [0.25, 0.3) is 0 Å². The first-order valence-electron chi connectivity index (χ1n) is 6.48. The fraction of sp³-hybridized carbons (Fsp3) is 0.400. The number of hydrogen-bond donors (Lipinski definition) is 0. The van der Waals surface area contributed by atoms with Gasteiger partial charge >= 0.3 is 0 Å². The first-order chi connectivity index (χ1) is 9.20. The van der Waals surface area contributed by atoms with E-state index in [2.05, 4.69) is 23.4 Å². The number of hydrogen-bond acceptors (Lipinski definition) is 3. The topological polar surface area (TPSA) is 36.3 Å². The fourth-order valence-electron chi connectivity index (χ4n) is 1.94. The molecule has 102 valence electrons. The standard InChI is InChI=1S/C15H20N2O2/c1-12(2)15-16-8-9-17(15)10-11-19-14-6-4-13(18-3)5-7-14/h4-9,12H,10-11H2,1-3H3. The maximum Gasteiger partial charge on any atom is 0.119 e. The predicted octanol–water partition coefficient (Wildman–Crippen LogP) is 3.09. The number of methoxy groups -OCH3 is 1. The summed E-state index contributed by atoms with van der Waals surface area (Å²) in [6.07, 6.45) is 3.83. The summed E-state index contributed by atoms with van der Waals surface area (Å²) in [5.74, 6) is 3.21. The molecule has 0 aliphatic heterocycles. The third kappa shape index (κ3) is 3.50. The summed E-state index contributed by atoms with van der Waals surface area (Å²) >= 11 is 0. The zero-order valence-corrected chi connectivity index (χ0v) is 11.7. The average molecular weight is 260 g/mol. The maximum absolute atomic E-state index is 5.71. The van der Waals surface area contributed by atoms with E-state index in [4.69, 9.17) is 9.47 Å². The number of benzene rings is 1. The summed E-state index contributed by atoms with van der Waals surface area (Å²) in [6, 6.07) is 7.62. The van der Waals surface area contributed by atoms with E-state index >= 15 is 0 Å². The van der Waals surface area contributed by atoms with Crippen molar-refractivity contribution in [3.8, 4) is 11.5 Å². The fourth-order valence-corrected chi connectivity index (χ4v) is 1.94. The van der Waals surface area contributed by atoms with Gasteiger partial charge < -0.3 is 14.0 Å². The molecule has 0 radical (unpaired) electrons. The van der Waals surface area contributed by atoms with Gasteiger partial charge in [0.05, 0.1) is 13.7 Å². The normalized spacial score (nSPS) is 10.7. The molecule has 19 heavy (non-hydrogen) atoms. The molecule has 0 N–H and O–H groups in total. The molecule has 2 rings (SSSR count). The summed E-state index contributed by atoms with van der Waals surface area (Å²) < 4.78 is 12.9. The molecule has 0 bridgehead atoms. The summed E-state index contributed by atoms with van der Waals surface area (Å²) in [6.45, 7) is 5.72. The van der Waals surface area contributed by atoms with E-state index in [1.54, 1.807) is 7.11 Å². The van der Waals surface area contributed by atoms with Crippen molar-refractivity contribution in [1.82, 2.24) is 9.55 Å². The van der Waals surface area contributed by atoms with Crippen molar-refractivity contribution in [3.63, 3.8) is 0 Å². The molecular weight excluding hydrogens is 240 g/mol. The van der Waals surface area contributed by atoms with Gasteiger partial charge in [0.15, 0.2) is 0 Å². The van der Waals surface area contributed by atoms with Gasteiger partial charge in [-0.05, 0) is 24.3 Å². The monoisotopic (exact) mass is 260 g/mol. The Morgan fingerprint density at radius 1 is 1.16 bits per heavy atom. The van der Waals surface area contributed by atoms with Crippen LogP contribution in [-0.2, 0) is 6.54 Å². The minimum atomic E-state index is 0.427. The largest absolute Gasteiger partial charge is 0.497 e. The van der Waals surface area contributed by atoms with E-state index < -0.39 is 0 Å². The number of aromatic nitrogens is 2. The Morgan fingerprint density at radius 2 is 1.84 bits per heavy atom. The molecule has 1 heterocycles. The second-order valence-electron chi connectivity index (χ2n) is 4.66. The average Bonchev–Trinajstić information content (AvgIpc) is 2.88. The molecule has 2 aromatic rings. The molecule has 0 unspecified atom stereocenters. The predicted molar refractivity (Wildman–Crippen MR) is 74.8 cm³/mol. The van der Waals surface area contributed by atoms with E-state index in [9.17, 15) is 0 Å². The molecule has 1 aromatic heterocycles. The Hall–Kier alpha value is -1.97. The molecule has 0 spiro atoms. The Morgan fingerprint density at radius 3 is 2.47 bits per heavy atom. The maximum atomic E-state index is 5.71. The molecule has 4 nitrogen and oxygen atoms in total. The lowest BCUT2D eigenvalue weighted by molar-refractivity contribution is 0.295. The summed E-state index contributed by atoms with van der Waals surface area (Å²) in [5, 5.41) is 0. The first-order valence-corrected chi connectivity index (χ1v) is 6.48. The molecule has 0 saturated carbocycles. The van der Waals surface area contributed by atoms with E-state index in [0.29, 0.717) is 12.5 Å². The van der Waals surface area contributed by atoms with E-state index in [1.165, 1.54) is 0 Å². The second-order valence-corrected chi connectivity index (χ2v) is 4.66. The Balaban J connectivity index is 1.87. The zero-order chi connectivity index (χ0) is 13.7. The molecule has 0 saturated heterocycles. The Kier molecular flexibility index (Phi) is 4.44. The molecule has 0 aliphatic rings. The van der Waals surface area contributed by atoms with Crippen molar-refractivity contribution < 1.29 is 9.47 Å². The number of imidazole rings is 1. The zero-order valence-electron chi connectivity index (χ0n) is 11.7. The van der Waals surface area contributed by atoms with Crippen molar-refractivity contribution in [2.75, 3.05) is 13.7 Å².